The van der Waals surface area contributed by atoms with Gasteiger partial charge in [-0.3, -0.25) is 9.35 Å². The van der Waals surface area contributed by atoms with E-state index in [4.69, 9.17) is 9.29 Å². The van der Waals surface area contributed by atoms with Gasteiger partial charge < -0.3 is 9.84 Å². The largest absolute Gasteiger partial charge is 0.465 e. The summed E-state index contributed by atoms with van der Waals surface area (Å²) in [6, 6.07) is 0. The summed E-state index contributed by atoms with van der Waals surface area (Å²) in [5, 5.41) is 9.41. The Morgan fingerprint density at radius 1 is 1.41 bits per heavy atom. The van der Waals surface area contributed by atoms with Crippen LogP contribution in [0, 0.1) is 5.41 Å². The van der Waals surface area contributed by atoms with Gasteiger partial charge in [-0.15, -0.1) is 0 Å². The van der Waals surface area contributed by atoms with Crippen LogP contribution in [0.5, 0.6) is 0 Å². The Labute approximate surface area is 101 Å². The van der Waals surface area contributed by atoms with Gasteiger partial charge in [0.1, 0.15) is 5.41 Å². The number of aliphatic hydroxyl groups excluding tert-OH is 1. The Balaban J connectivity index is 2.51. The fourth-order valence-corrected chi connectivity index (χ4v) is 2.53. The molecule has 1 fully saturated rings. The highest BCUT2D eigenvalue weighted by Gasteiger charge is 2.61. The maximum absolute atomic E-state index is 11.6. The molecular formula is C10H18O6S. The molecule has 0 aromatic carbocycles. The van der Waals surface area contributed by atoms with E-state index in [1.54, 1.807) is 0 Å². The van der Waals surface area contributed by atoms with Crippen LogP contribution in [0.4, 0.5) is 0 Å². The van der Waals surface area contributed by atoms with Gasteiger partial charge in [-0.1, -0.05) is 19.8 Å². The Hall–Kier alpha value is -0.660. The van der Waals surface area contributed by atoms with Crippen LogP contribution in [0.15, 0.2) is 0 Å². The minimum Gasteiger partial charge on any atom is -0.465 e. The Morgan fingerprint density at radius 2 is 2.00 bits per heavy atom. The third kappa shape index (κ3) is 3.40. The van der Waals surface area contributed by atoms with Crippen LogP contribution in [-0.4, -0.2) is 36.1 Å². The minimum absolute atomic E-state index is 0.215. The summed E-state index contributed by atoms with van der Waals surface area (Å²) < 4.78 is 35.2. The van der Waals surface area contributed by atoms with E-state index in [1.165, 1.54) is 0 Å². The van der Waals surface area contributed by atoms with Crippen LogP contribution >= 0.6 is 0 Å². The summed E-state index contributed by atoms with van der Waals surface area (Å²) in [6.45, 7) is 2.22. The number of hydrogen-bond donors (Lipinski definition) is 2. The molecule has 1 saturated carbocycles. The van der Waals surface area contributed by atoms with Crippen LogP contribution in [-0.2, 0) is 19.6 Å². The first kappa shape index (κ1) is 14.4. The van der Waals surface area contributed by atoms with E-state index in [2.05, 4.69) is 0 Å². The summed E-state index contributed by atoms with van der Waals surface area (Å²) in [6.07, 6.45) is 3.05. The van der Waals surface area contributed by atoms with Gasteiger partial charge in [-0.05, 0) is 19.3 Å². The lowest BCUT2D eigenvalue weighted by molar-refractivity contribution is -0.153. The summed E-state index contributed by atoms with van der Waals surface area (Å²) in [4.78, 5) is 11.6. The van der Waals surface area contributed by atoms with Gasteiger partial charge in [0, 0.05) is 0 Å². The Kier molecular flexibility index (Phi) is 4.51. The predicted octanol–water partition coefficient (Wildman–Crippen LogP) is 0.706. The first-order chi connectivity index (χ1) is 7.84. The molecule has 1 rings (SSSR count). The molecular weight excluding hydrogens is 248 g/mol. The molecule has 1 aliphatic carbocycles. The average molecular weight is 266 g/mol. The highest BCUT2D eigenvalue weighted by Crippen LogP contribution is 2.51. The van der Waals surface area contributed by atoms with E-state index < -0.39 is 26.9 Å². The van der Waals surface area contributed by atoms with Crippen molar-refractivity contribution in [3.05, 3.63) is 0 Å². The fourth-order valence-electron chi connectivity index (χ4n) is 1.63. The van der Waals surface area contributed by atoms with Gasteiger partial charge in [-0.25, -0.2) is 0 Å². The fraction of sp³-hybridized carbons (Fsp3) is 0.900. The quantitative estimate of drug-likeness (QED) is 0.400. The van der Waals surface area contributed by atoms with Crippen LogP contribution in [0.2, 0.25) is 0 Å². The third-order valence-corrected chi connectivity index (χ3v) is 3.95. The molecule has 0 spiro atoms. The molecule has 0 bridgehead atoms. The van der Waals surface area contributed by atoms with Gasteiger partial charge in [0.25, 0.3) is 10.1 Å². The highest BCUT2D eigenvalue weighted by atomic mass is 32.2. The number of rotatable bonds is 7. The zero-order valence-electron chi connectivity index (χ0n) is 9.76. The molecule has 6 nitrogen and oxygen atoms in total. The van der Waals surface area contributed by atoms with Crippen molar-refractivity contribution >= 4 is 16.1 Å². The maximum atomic E-state index is 11.6. The molecule has 1 unspecified atom stereocenters. The molecule has 1 atom stereocenters. The SMILES string of the molecule is CCCCCOC(=O)C1(C(O)S(=O)(=O)O)CC1. The van der Waals surface area contributed by atoms with Crippen molar-refractivity contribution in [1.29, 1.82) is 0 Å². The predicted molar refractivity (Wildman–Crippen MR) is 59.7 cm³/mol. The second-order valence-corrected chi connectivity index (χ2v) is 5.84. The topological polar surface area (TPSA) is 101 Å². The van der Waals surface area contributed by atoms with E-state index >= 15 is 0 Å². The first-order valence-electron chi connectivity index (χ1n) is 5.66. The van der Waals surface area contributed by atoms with Gasteiger partial charge in [-0.2, -0.15) is 8.42 Å². The van der Waals surface area contributed by atoms with Crippen molar-refractivity contribution in [2.75, 3.05) is 6.61 Å². The van der Waals surface area contributed by atoms with Crippen LogP contribution < -0.4 is 0 Å². The number of aliphatic hydroxyl groups is 1. The van der Waals surface area contributed by atoms with E-state index in [0.29, 0.717) is 6.42 Å². The number of ether oxygens (including phenoxy) is 1. The lowest BCUT2D eigenvalue weighted by Gasteiger charge is -2.18. The van der Waals surface area contributed by atoms with E-state index in [0.717, 1.165) is 12.8 Å². The van der Waals surface area contributed by atoms with Crippen LogP contribution in [0.3, 0.4) is 0 Å². The zero-order chi connectivity index (χ0) is 13.1. The van der Waals surface area contributed by atoms with E-state index in [9.17, 15) is 18.3 Å². The molecule has 0 radical (unpaired) electrons. The molecule has 2 N–H and O–H groups in total. The number of carbonyl (C=O) groups excluding carboxylic acids is 1. The van der Waals surface area contributed by atoms with Crippen molar-refractivity contribution in [3.8, 4) is 0 Å². The van der Waals surface area contributed by atoms with Gasteiger partial charge in [0.05, 0.1) is 6.61 Å². The van der Waals surface area contributed by atoms with Gasteiger partial charge in [0.2, 0.25) is 0 Å². The van der Waals surface area contributed by atoms with Gasteiger partial charge in [0.15, 0.2) is 5.44 Å². The zero-order valence-corrected chi connectivity index (χ0v) is 10.6. The van der Waals surface area contributed by atoms with Gasteiger partial charge >= 0.3 is 5.97 Å². The molecule has 0 saturated heterocycles. The summed E-state index contributed by atoms with van der Waals surface area (Å²) in [5.41, 5.74) is -3.52. The van der Waals surface area contributed by atoms with Crippen molar-refractivity contribution in [1.82, 2.24) is 0 Å². The molecule has 1 aliphatic rings. The molecule has 17 heavy (non-hydrogen) atoms. The van der Waals surface area contributed by atoms with E-state index in [1.807, 2.05) is 6.92 Å². The number of unbranched alkanes of at least 4 members (excludes halogenated alkanes) is 2. The standard InChI is InChI=1S/C10H18O6S/c1-2-3-4-7-16-8(11)10(5-6-10)9(12)17(13,14)15/h9,12H,2-7H2,1H3,(H,13,14,15). The first-order valence-corrected chi connectivity index (χ1v) is 7.16. The number of hydrogen-bond acceptors (Lipinski definition) is 5. The second kappa shape index (κ2) is 5.32. The highest BCUT2D eigenvalue weighted by molar-refractivity contribution is 7.86. The Bertz CT molecular complexity index is 370. The monoisotopic (exact) mass is 266 g/mol. The number of carbonyl (C=O) groups is 1. The lowest BCUT2D eigenvalue weighted by Crippen LogP contribution is -2.37. The lowest BCUT2D eigenvalue weighted by atomic mass is 10.1. The number of esters is 1. The summed E-state index contributed by atoms with van der Waals surface area (Å²) >= 11 is 0. The molecule has 0 aromatic heterocycles. The second-order valence-electron chi connectivity index (χ2n) is 4.37. The molecule has 7 heteroatoms. The third-order valence-electron chi connectivity index (χ3n) is 2.93. The normalized spacial score (nSPS) is 19.7. The summed E-state index contributed by atoms with van der Waals surface area (Å²) in [5.74, 6) is -0.737. The summed E-state index contributed by atoms with van der Waals surface area (Å²) in [7, 11) is -4.62. The van der Waals surface area contributed by atoms with Crippen molar-refractivity contribution in [3.63, 3.8) is 0 Å². The van der Waals surface area contributed by atoms with Crippen molar-refractivity contribution in [2.45, 2.75) is 44.5 Å². The van der Waals surface area contributed by atoms with Crippen molar-refractivity contribution in [2.24, 2.45) is 5.41 Å². The molecule has 0 heterocycles. The molecule has 0 aliphatic heterocycles. The Morgan fingerprint density at radius 3 is 2.41 bits per heavy atom. The minimum atomic E-state index is -4.62. The van der Waals surface area contributed by atoms with Crippen LogP contribution in [0.25, 0.3) is 0 Å². The maximum Gasteiger partial charge on any atom is 0.315 e. The molecule has 100 valence electrons. The van der Waals surface area contributed by atoms with Crippen molar-refractivity contribution < 1.29 is 27.6 Å². The molecule has 0 amide bonds. The average Bonchev–Trinajstić information content (AvgIpc) is 3.03. The van der Waals surface area contributed by atoms with Crippen LogP contribution in [0.1, 0.15) is 39.0 Å². The van der Waals surface area contributed by atoms with E-state index in [-0.39, 0.29) is 19.4 Å². The smallest absolute Gasteiger partial charge is 0.315 e. The molecule has 0 aromatic rings.